The Morgan fingerprint density at radius 1 is 1.36 bits per heavy atom. The summed E-state index contributed by atoms with van der Waals surface area (Å²) < 4.78 is 14.3. The molecule has 0 fully saturated rings. The summed E-state index contributed by atoms with van der Waals surface area (Å²) in [7, 11) is 0.934. The van der Waals surface area contributed by atoms with Gasteiger partial charge >= 0.3 is 176 Å². The van der Waals surface area contributed by atoms with Crippen molar-refractivity contribution < 1.29 is 43.7 Å². The summed E-state index contributed by atoms with van der Waals surface area (Å²) in [5, 5.41) is 21.8. The van der Waals surface area contributed by atoms with E-state index in [4.69, 9.17) is 9.39 Å². The normalized spacial score (nSPS) is 17.8. The fourth-order valence-electron chi connectivity index (χ4n) is 4.80. The van der Waals surface area contributed by atoms with Crippen molar-refractivity contribution in [3.8, 4) is 5.75 Å². The molecule has 0 bridgehead atoms. The van der Waals surface area contributed by atoms with E-state index < -0.39 is 18.5 Å². The number of benzene rings is 1. The van der Waals surface area contributed by atoms with E-state index in [0.717, 1.165) is 71.2 Å². The Morgan fingerprint density at radius 2 is 2.14 bits per heavy atom. The quantitative estimate of drug-likeness (QED) is 0.242. The number of unbranched alkanes of at least 4 members (excludes halogenated alkanes) is 2. The number of aromatic nitrogens is 1. The number of hydrogen-bond acceptors (Lipinski definition) is 6. The van der Waals surface area contributed by atoms with Gasteiger partial charge in [-0.1, -0.05) is 19.1 Å². The number of hydrogen-bond donors (Lipinski definition) is 2. The van der Waals surface area contributed by atoms with E-state index in [1.165, 1.54) is 6.20 Å². The molecule has 36 heavy (non-hydrogen) atoms. The number of ether oxygens (including phenoxy) is 1. The van der Waals surface area contributed by atoms with Crippen LogP contribution in [0.5, 0.6) is 5.75 Å². The molecule has 0 saturated carbocycles. The van der Waals surface area contributed by atoms with Crippen LogP contribution >= 0.6 is 0 Å². The van der Waals surface area contributed by atoms with E-state index in [2.05, 4.69) is 6.08 Å². The van der Waals surface area contributed by atoms with Gasteiger partial charge in [-0.25, -0.2) is 0 Å². The third-order valence-corrected chi connectivity index (χ3v) is 7.37. The van der Waals surface area contributed by atoms with Gasteiger partial charge in [-0.3, -0.25) is 0 Å². The monoisotopic (exact) mass is 661 g/mol. The van der Waals surface area contributed by atoms with Crippen LogP contribution in [0.4, 0.5) is 0 Å². The van der Waals surface area contributed by atoms with E-state index in [1.807, 2.05) is 44.1 Å². The third-order valence-electron chi connectivity index (χ3n) is 6.64. The van der Waals surface area contributed by atoms with Gasteiger partial charge in [0.05, 0.1) is 6.10 Å². The van der Waals surface area contributed by atoms with Gasteiger partial charge in [0.2, 0.25) is 0 Å². The van der Waals surface area contributed by atoms with Gasteiger partial charge in [0.1, 0.15) is 0 Å². The second kappa shape index (κ2) is 11.3. The van der Waals surface area contributed by atoms with E-state index in [0.29, 0.717) is 30.9 Å². The molecule has 190 valence electrons. The van der Waals surface area contributed by atoms with Crippen molar-refractivity contribution in [3.63, 3.8) is 0 Å². The van der Waals surface area contributed by atoms with E-state index in [9.17, 15) is 19.7 Å². The van der Waals surface area contributed by atoms with Gasteiger partial charge in [0.15, 0.2) is 0 Å². The number of carboxylic acid groups (broad SMARTS) is 1. The second-order valence-corrected chi connectivity index (χ2v) is 11.2. The van der Waals surface area contributed by atoms with Gasteiger partial charge in [0.25, 0.3) is 0 Å². The van der Waals surface area contributed by atoms with Crippen LogP contribution in [0.2, 0.25) is 0 Å². The summed E-state index contributed by atoms with van der Waals surface area (Å²) >= 11 is 1.13. The third kappa shape index (κ3) is 5.15. The van der Waals surface area contributed by atoms with Crippen LogP contribution in [0.1, 0.15) is 79.2 Å². The molecule has 3 heterocycles. The first-order valence-electron chi connectivity index (χ1n) is 12.2. The van der Waals surface area contributed by atoms with Crippen LogP contribution in [0.3, 0.4) is 0 Å². The summed E-state index contributed by atoms with van der Waals surface area (Å²) in [6.45, 7) is 5.11. The van der Waals surface area contributed by atoms with Gasteiger partial charge in [0, 0.05) is 0 Å². The summed E-state index contributed by atoms with van der Waals surface area (Å²) in [6.07, 6.45) is 8.69. The van der Waals surface area contributed by atoms with Crippen molar-refractivity contribution in [2.45, 2.75) is 52.1 Å². The van der Waals surface area contributed by atoms with Crippen LogP contribution in [0, 0.1) is 6.08 Å². The number of fused-ring (bicyclic) bond motifs is 2. The molecule has 2 aliphatic rings. The number of rotatable bonds is 9. The molecule has 1 aromatic carbocycles. The van der Waals surface area contributed by atoms with Crippen molar-refractivity contribution in [2.24, 2.45) is 0 Å². The van der Waals surface area contributed by atoms with Crippen LogP contribution in [-0.4, -0.2) is 52.0 Å². The van der Waals surface area contributed by atoms with Gasteiger partial charge < -0.3 is 9.68 Å². The average Bonchev–Trinajstić information content (AvgIpc) is 3.18. The minimum absolute atomic E-state index is 0.105. The summed E-state index contributed by atoms with van der Waals surface area (Å²) in [5.74, 6) is -0.549. The molecule has 0 radical (unpaired) electrons. The molecular formula is C26H30BN2O6W-. The van der Waals surface area contributed by atoms with Gasteiger partial charge in [-0.15, -0.1) is 0 Å². The number of carboxylic acids is 1. The second-order valence-electron chi connectivity index (χ2n) is 9.04. The van der Waals surface area contributed by atoms with Crippen LogP contribution < -0.4 is 20.6 Å². The maximum atomic E-state index is 13.0. The minimum Gasteiger partial charge on any atom is -0.0583 e. The molecule has 1 aromatic heterocycles. The molecule has 0 saturated heterocycles. The zero-order valence-corrected chi connectivity index (χ0v) is 23.7. The van der Waals surface area contributed by atoms with Crippen molar-refractivity contribution in [3.05, 3.63) is 63.1 Å². The minimum atomic E-state index is -1.21. The van der Waals surface area contributed by atoms with Crippen LogP contribution in [-0.2, 0) is 24.0 Å². The predicted octanol–water partition coefficient (Wildman–Crippen LogP) is 2.21. The molecule has 10 heteroatoms. The first-order valence-corrected chi connectivity index (χ1v) is 13.7. The average molecular weight is 661 g/mol. The zero-order valence-electron chi connectivity index (χ0n) is 20.7. The van der Waals surface area contributed by atoms with Crippen LogP contribution in [0.15, 0.2) is 29.2 Å². The number of allylic oxidation sites excluding steroid dienone is 1. The van der Waals surface area contributed by atoms with Crippen molar-refractivity contribution in [2.75, 3.05) is 25.2 Å². The van der Waals surface area contributed by atoms with Gasteiger partial charge in [-0.2, -0.15) is 0 Å². The molecule has 0 spiro atoms. The molecule has 4 rings (SSSR count). The Kier molecular flexibility index (Phi) is 8.33. The molecule has 2 aliphatic heterocycles. The Morgan fingerprint density at radius 3 is 2.83 bits per heavy atom. The smallest absolute Gasteiger partial charge is 0.0583 e. The first-order chi connectivity index (χ1) is 17.2. The molecule has 0 aliphatic carbocycles. The van der Waals surface area contributed by atoms with Crippen molar-refractivity contribution in [1.29, 1.82) is 0 Å². The topological polar surface area (TPSA) is 101 Å². The van der Waals surface area contributed by atoms with Crippen molar-refractivity contribution in [1.82, 2.24) is 4.68 Å². The maximum absolute atomic E-state index is 13.0. The number of nitrogens with zero attached hydrogens (tertiary/aromatic N) is 2. The predicted molar refractivity (Wildman–Crippen MR) is 135 cm³/mol. The Hall–Kier alpha value is -2.48. The Bertz CT molecular complexity index is 1270. The van der Waals surface area contributed by atoms with E-state index in [-0.39, 0.29) is 11.7 Å². The number of aromatic carboxylic acids is 1. The number of pyridine rings is 1. The molecule has 8 nitrogen and oxygen atoms in total. The fraction of sp³-hybridized carbons (Fsp3) is 0.423. The molecule has 2 aromatic rings. The molecule has 2 N–H and O–H groups in total. The van der Waals surface area contributed by atoms with E-state index in [1.54, 1.807) is 4.68 Å². The Labute approximate surface area is 222 Å². The fourth-order valence-corrected chi connectivity index (χ4v) is 5.49. The molecule has 0 amide bonds. The van der Waals surface area contributed by atoms with Crippen molar-refractivity contribution >= 4 is 28.0 Å². The molecule has 0 unspecified atom stereocenters. The zero-order chi connectivity index (χ0) is 26.0. The molecular weight excluding hydrogens is 631 g/mol. The van der Waals surface area contributed by atoms with Gasteiger partial charge in [-0.05, 0) is 12.0 Å². The van der Waals surface area contributed by atoms with Crippen LogP contribution in [0.25, 0.3) is 5.57 Å². The Balaban J connectivity index is 1.44. The molecule has 1 atom stereocenters. The summed E-state index contributed by atoms with van der Waals surface area (Å²) in [4.78, 5) is 24.6. The first kappa shape index (κ1) is 26.6. The SMILES string of the molecule is CC[C@H]1OB(O)c2c(OCCCC[C-]=C3CCN(C)n4cc(C(=O)O)c(=O)c([C](C)=[W])c43)cccc21. The number of carbonyl (C=O) groups is 1. The van der Waals surface area contributed by atoms with E-state index >= 15 is 0 Å². The summed E-state index contributed by atoms with van der Waals surface area (Å²) in [5.41, 5.74) is 3.25. The summed E-state index contributed by atoms with van der Waals surface area (Å²) in [6, 6.07) is 5.77. The standard InChI is InChI=1S/C26H30BN2O6.W/c1-4-18-24-17(13-14-28(3)29(24)16-20(25(18)30)26(31)32)10-7-6-8-15-34-22-12-9-11-19-21(5-2)35-27(33)23(19)22;/h9,11-12,16,21,33H,5-8,13-15H2,1-3H3,(H,31,32);/q-1;/t21-;/m1./s1.